The summed E-state index contributed by atoms with van der Waals surface area (Å²) in [5.74, 6) is -2.03. The third-order valence-electron chi connectivity index (χ3n) is 5.05. The molecule has 1 aliphatic heterocycles. The fourth-order valence-electron chi connectivity index (χ4n) is 3.45. The van der Waals surface area contributed by atoms with Crippen LogP contribution in [-0.4, -0.2) is 36.8 Å². The number of rotatable bonds is 7. The first-order chi connectivity index (χ1) is 15.5. The molecule has 0 unspecified atom stereocenters. The van der Waals surface area contributed by atoms with Crippen LogP contribution in [0.2, 0.25) is 0 Å². The van der Waals surface area contributed by atoms with Gasteiger partial charge in [0.25, 0.3) is 17.7 Å². The summed E-state index contributed by atoms with van der Waals surface area (Å²) in [6.07, 6.45) is 0.669. The largest absolute Gasteiger partial charge is 0.452 e. The number of imide groups is 1. The molecular weight excluding hydrogens is 408 g/mol. The van der Waals surface area contributed by atoms with Crippen molar-refractivity contribution in [2.45, 2.75) is 6.42 Å². The minimum absolute atomic E-state index is 0.135. The van der Waals surface area contributed by atoms with Crippen LogP contribution in [0.3, 0.4) is 0 Å². The lowest BCUT2D eigenvalue weighted by atomic mass is 10.1. The summed E-state index contributed by atoms with van der Waals surface area (Å²) < 4.78 is 5.09. The SMILES string of the molecule is O=C(COC(=O)c1cccc(N2C(=O)c3ccccc3C2=O)c1)NCCc1ccccc1. The smallest absolute Gasteiger partial charge is 0.338 e. The van der Waals surface area contributed by atoms with Gasteiger partial charge in [-0.3, -0.25) is 14.4 Å². The molecule has 0 fully saturated rings. The third kappa shape index (κ3) is 4.41. The summed E-state index contributed by atoms with van der Waals surface area (Å²) in [7, 11) is 0. The van der Waals surface area contributed by atoms with Crippen LogP contribution in [0.25, 0.3) is 0 Å². The van der Waals surface area contributed by atoms with Gasteiger partial charge in [0.05, 0.1) is 22.4 Å². The second-order valence-electron chi connectivity index (χ2n) is 7.20. The number of benzene rings is 3. The lowest BCUT2D eigenvalue weighted by molar-refractivity contribution is -0.124. The number of fused-ring (bicyclic) bond motifs is 1. The predicted molar refractivity (Wildman–Crippen MR) is 117 cm³/mol. The van der Waals surface area contributed by atoms with Crippen LogP contribution < -0.4 is 10.2 Å². The molecule has 3 amide bonds. The van der Waals surface area contributed by atoms with Crippen LogP contribution >= 0.6 is 0 Å². The Hall–Kier alpha value is -4.26. The maximum absolute atomic E-state index is 12.6. The molecule has 7 heteroatoms. The van der Waals surface area contributed by atoms with E-state index in [1.54, 1.807) is 36.4 Å². The molecule has 1 aliphatic rings. The molecule has 0 aliphatic carbocycles. The van der Waals surface area contributed by atoms with Gasteiger partial charge in [0.1, 0.15) is 0 Å². The van der Waals surface area contributed by atoms with E-state index in [0.717, 1.165) is 10.5 Å². The van der Waals surface area contributed by atoms with Crippen molar-refractivity contribution in [3.05, 3.63) is 101 Å². The van der Waals surface area contributed by atoms with E-state index in [1.807, 2.05) is 30.3 Å². The van der Waals surface area contributed by atoms with Crippen molar-refractivity contribution in [3.8, 4) is 0 Å². The van der Waals surface area contributed by atoms with Gasteiger partial charge in [-0.15, -0.1) is 0 Å². The molecular formula is C25H20N2O5. The molecule has 1 N–H and O–H groups in total. The van der Waals surface area contributed by atoms with E-state index in [1.165, 1.54) is 12.1 Å². The average Bonchev–Trinajstić information content (AvgIpc) is 3.08. The van der Waals surface area contributed by atoms with Gasteiger partial charge in [-0.25, -0.2) is 9.69 Å². The van der Waals surface area contributed by atoms with Crippen molar-refractivity contribution in [1.82, 2.24) is 5.32 Å². The summed E-state index contributed by atoms with van der Waals surface area (Å²) in [5, 5.41) is 2.70. The van der Waals surface area contributed by atoms with Crippen LogP contribution in [0.5, 0.6) is 0 Å². The third-order valence-corrected chi connectivity index (χ3v) is 5.05. The van der Waals surface area contributed by atoms with Crippen molar-refractivity contribution in [2.24, 2.45) is 0 Å². The Morgan fingerprint density at radius 3 is 2.16 bits per heavy atom. The van der Waals surface area contributed by atoms with Gasteiger partial charge in [-0.05, 0) is 42.3 Å². The van der Waals surface area contributed by atoms with Crippen molar-refractivity contribution in [2.75, 3.05) is 18.1 Å². The number of nitrogens with one attached hydrogen (secondary N) is 1. The lowest BCUT2D eigenvalue weighted by Crippen LogP contribution is -2.31. The summed E-state index contributed by atoms with van der Waals surface area (Å²) in [6.45, 7) is 0.000488. The molecule has 0 spiro atoms. The Labute approximate surface area is 184 Å². The number of esters is 1. The van der Waals surface area contributed by atoms with Gasteiger partial charge in [0.15, 0.2) is 6.61 Å². The van der Waals surface area contributed by atoms with Crippen molar-refractivity contribution >= 4 is 29.4 Å². The molecule has 32 heavy (non-hydrogen) atoms. The second-order valence-corrected chi connectivity index (χ2v) is 7.20. The van der Waals surface area contributed by atoms with E-state index in [4.69, 9.17) is 4.74 Å². The van der Waals surface area contributed by atoms with Crippen LogP contribution in [-0.2, 0) is 16.0 Å². The molecule has 4 rings (SSSR count). The Morgan fingerprint density at radius 1 is 0.812 bits per heavy atom. The van der Waals surface area contributed by atoms with Gasteiger partial charge >= 0.3 is 5.97 Å². The van der Waals surface area contributed by atoms with Gasteiger partial charge in [-0.1, -0.05) is 48.5 Å². The van der Waals surface area contributed by atoms with Crippen molar-refractivity contribution in [3.63, 3.8) is 0 Å². The fraction of sp³-hybridized carbons (Fsp3) is 0.120. The minimum Gasteiger partial charge on any atom is -0.452 e. The Kier molecular flexibility index (Phi) is 6.07. The molecule has 0 bridgehead atoms. The van der Waals surface area contributed by atoms with Crippen LogP contribution in [0, 0.1) is 0 Å². The summed E-state index contributed by atoms with van der Waals surface area (Å²) in [4.78, 5) is 50.7. The number of anilines is 1. The number of carbonyl (C=O) groups is 4. The predicted octanol–water partition coefficient (Wildman–Crippen LogP) is 3.00. The zero-order chi connectivity index (χ0) is 22.5. The highest BCUT2D eigenvalue weighted by Crippen LogP contribution is 2.28. The molecule has 3 aromatic carbocycles. The molecule has 1 heterocycles. The fourth-order valence-corrected chi connectivity index (χ4v) is 3.45. The normalized spacial score (nSPS) is 12.4. The average molecular weight is 428 g/mol. The van der Waals surface area contributed by atoms with Gasteiger partial charge in [0, 0.05) is 6.54 Å². The van der Waals surface area contributed by atoms with Crippen LogP contribution in [0.15, 0.2) is 78.9 Å². The Balaban J connectivity index is 1.34. The quantitative estimate of drug-likeness (QED) is 0.461. The molecule has 0 atom stereocenters. The first-order valence-electron chi connectivity index (χ1n) is 10.1. The molecule has 0 radical (unpaired) electrons. The first kappa shape index (κ1) is 21.0. The molecule has 160 valence electrons. The number of carbonyl (C=O) groups excluding carboxylic acids is 4. The van der Waals surface area contributed by atoms with E-state index in [9.17, 15) is 19.2 Å². The molecule has 0 saturated carbocycles. The second kappa shape index (κ2) is 9.26. The minimum atomic E-state index is -0.721. The lowest BCUT2D eigenvalue weighted by Gasteiger charge is -2.14. The number of nitrogens with zero attached hydrogens (tertiary/aromatic N) is 1. The molecule has 0 saturated heterocycles. The molecule has 3 aromatic rings. The van der Waals surface area contributed by atoms with E-state index >= 15 is 0 Å². The van der Waals surface area contributed by atoms with E-state index < -0.39 is 30.3 Å². The highest BCUT2D eigenvalue weighted by Gasteiger charge is 2.36. The van der Waals surface area contributed by atoms with Crippen molar-refractivity contribution < 1.29 is 23.9 Å². The number of hydrogen-bond acceptors (Lipinski definition) is 5. The van der Waals surface area contributed by atoms with E-state index in [0.29, 0.717) is 24.1 Å². The monoisotopic (exact) mass is 428 g/mol. The Bertz CT molecular complexity index is 1150. The topological polar surface area (TPSA) is 92.8 Å². The summed E-state index contributed by atoms with van der Waals surface area (Å²) in [5.41, 5.74) is 2.12. The maximum atomic E-state index is 12.6. The first-order valence-corrected chi connectivity index (χ1v) is 10.1. The number of ether oxygens (including phenoxy) is 1. The van der Waals surface area contributed by atoms with Crippen molar-refractivity contribution in [1.29, 1.82) is 0 Å². The number of hydrogen-bond donors (Lipinski definition) is 1. The summed E-state index contributed by atoms with van der Waals surface area (Å²) >= 11 is 0. The standard InChI is InChI=1S/C25H20N2O5/c28-22(26-14-13-17-7-2-1-3-8-17)16-32-25(31)18-9-6-10-19(15-18)27-23(29)20-11-4-5-12-21(20)24(27)30/h1-12,15H,13-14,16H2,(H,26,28). The summed E-state index contributed by atoms with van der Waals surface area (Å²) in [6, 6.07) is 22.3. The van der Waals surface area contributed by atoms with E-state index in [2.05, 4.69) is 5.32 Å². The highest BCUT2D eigenvalue weighted by atomic mass is 16.5. The van der Waals surface area contributed by atoms with Crippen LogP contribution in [0.4, 0.5) is 5.69 Å². The van der Waals surface area contributed by atoms with Gasteiger partial charge in [0.2, 0.25) is 0 Å². The van der Waals surface area contributed by atoms with Gasteiger partial charge < -0.3 is 10.1 Å². The highest BCUT2D eigenvalue weighted by molar-refractivity contribution is 6.34. The maximum Gasteiger partial charge on any atom is 0.338 e. The molecule has 7 nitrogen and oxygen atoms in total. The molecule has 0 aromatic heterocycles. The zero-order valence-electron chi connectivity index (χ0n) is 17.1. The van der Waals surface area contributed by atoms with Crippen LogP contribution in [0.1, 0.15) is 36.6 Å². The van der Waals surface area contributed by atoms with E-state index in [-0.39, 0.29) is 11.3 Å². The van der Waals surface area contributed by atoms with Gasteiger partial charge in [-0.2, -0.15) is 0 Å². The zero-order valence-corrected chi connectivity index (χ0v) is 17.1. The Morgan fingerprint density at radius 2 is 1.47 bits per heavy atom. The number of amides is 3.